The molecule has 0 aliphatic heterocycles. The molecule has 0 aliphatic rings. The second-order valence-electron chi connectivity index (χ2n) is 3.51. The predicted molar refractivity (Wildman–Crippen MR) is 61.6 cm³/mol. The summed E-state index contributed by atoms with van der Waals surface area (Å²) in [5.74, 6) is 0.552. The number of aliphatic hydroxyl groups excluding tert-OH is 1. The molecule has 0 aromatic carbocycles. The summed E-state index contributed by atoms with van der Waals surface area (Å²) in [4.78, 5) is 0. The fourth-order valence-electron chi connectivity index (χ4n) is 1.19. The van der Waals surface area contributed by atoms with E-state index < -0.39 is 0 Å². The number of nitrogens with one attached hydrogen (secondary N) is 1. The number of aliphatic hydroxyl groups is 1. The van der Waals surface area contributed by atoms with Crippen LogP contribution in [0.3, 0.4) is 0 Å². The van der Waals surface area contributed by atoms with Crippen LogP contribution < -0.4 is 5.32 Å². The van der Waals surface area contributed by atoms with E-state index in [-0.39, 0.29) is 12.6 Å². The molecule has 0 spiro atoms. The number of halogens is 1. The summed E-state index contributed by atoms with van der Waals surface area (Å²) >= 11 is 4.67. The van der Waals surface area contributed by atoms with Crippen LogP contribution >= 0.6 is 27.3 Å². The van der Waals surface area contributed by atoms with Gasteiger partial charge >= 0.3 is 0 Å². The Morgan fingerprint density at radius 1 is 1.50 bits per heavy atom. The van der Waals surface area contributed by atoms with E-state index in [0.717, 1.165) is 15.5 Å². The van der Waals surface area contributed by atoms with Crippen LogP contribution in [0.5, 0.6) is 0 Å². The molecule has 1 rings (SSSR count). The van der Waals surface area contributed by atoms with Gasteiger partial charge in [-0.25, -0.2) is 0 Å². The standard InChI is InChI=1S/C8H14BrN3OS/c1-5(2)3-6(4-13)10-8-12-11-7(9)14-8/h5-6,13H,3-4H2,1-2H3,(H,10,12). The quantitative estimate of drug-likeness (QED) is 0.867. The van der Waals surface area contributed by atoms with E-state index in [1.165, 1.54) is 11.3 Å². The fraction of sp³-hybridized carbons (Fsp3) is 0.750. The number of rotatable bonds is 5. The minimum absolute atomic E-state index is 0.0647. The van der Waals surface area contributed by atoms with Gasteiger partial charge < -0.3 is 10.4 Å². The molecule has 1 aromatic rings. The third-order valence-corrected chi connectivity index (χ3v) is 2.99. The van der Waals surface area contributed by atoms with Crippen LogP contribution in [0, 0.1) is 5.92 Å². The van der Waals surface area contributed by atoms with Crippen LogP contribution in [-0.2, 0) is 0 Å². The minimum atomic E-state index is 0.0647. The van der Waals surface area contributed by atoms with Gasteiger partial charge in [0.2, 0.25) is 5.13 Å². The van der Waals surface area contributed by atoms with E-state index in [4.69, 9.17) is 5.11 Å². The molecular weight excluding hydrogens is 266 g/mol. The van der Waals surface area contributed by atoms with Crippen molar-refractivity contribution in [3.05, 3.63) is 3.92 Å². The maximum atomic E-state index is 9.13. The van der Waals surface area contributed by atoms with Gasteiger partial charge in [-0.2, -0.15) is 0 Å². The van der Waals surface area contributed by atoms with Crippen LogP contribution in [0.2, 0.25) is 0 Å². The fourth-order valence-corrected chi connectivity index (χ4v) is 2.27. The van der Waals surface area contributed by atoms with E-state index in [1.54, 1.807) is 0 Å². The normalized spacial score (nSPS) is 13.2. The Morgan fingerprint density at radius 2 is 2.21 bits per heavy atom. The average Bonchev–Trinajstić information content (AvgIpc) is 2.49. The van der Waals surface area contributed by atoms with E-state index in [1.807, 2.05) is 0 Å². The van der Waals surface area contributed by atoms with Gasteiger partial charge in [0.15, 0.2) is 3.92 Å². The molecule has 14 heavy (non-hydrogen) atoms. The molecule has 0 amide bonds. The lowest BCUT2D eigenvalue weighted by Gasteiger charge is -2.16. The molecule has 2 N–H and O–H groups in total. The highest BCUT2D eigenvalue weighted by Gasteiger charge is 2.11. The van der Waals surface area contributed by atoms with Crippen LogP contribution in [0.4, 0.5) is 5.13 Å². The molecule has 0 radical (unpaired) electrons. The summed E-state index contributed by atoms with van der Waals surface area (Å²) in [6, 6.07) is 0.0647. The Balaban J connectivity index is 2.48. The van der Waals surface area contributed by atoms with E-state index in [0.29, 0.717) is 5.92 Å². The van der Waals surface area contributed by atoms with Crippen molar-refractivity contribution in [2.75, 3.05) is 11.9 Å². The van der Waals surface area contributed by atoms with Gasteiger partial charge in [0, 0.05) is 0 Å². The molecule has 80 valence electrons. The smallest absolute Gasteiger partial charge is 0.206 e. The predicted octanol–water partition coefficient (Wildman–Crippen LogP) is 2.12. The van der Waals surface area contributed by atoms with Crippen molar-refractivity contribution in [3.8, 4) is 0 Å². The molecule has 1 unspecified atom stereocenters. The van der Waals surface area contributed by atoms with Crippen molar-refractivity contribution in [2.24, 2.45) is 5.92 Å². The second kappa shape index (κ2) is 5.63. The van der Waals surface area contributed by atoms with Crippen LogP contribution in [-0.4, -0.2) is 28.0 Å². The van der Waals surface area contributed by atoms with Crippen molar-refractivity contribution in [3.63, 3.8) is 0 Å². The first-order valence-electron chi connectivity index (χ1n) is 4.48. The first kappa shape index (κ1) is 11.9. The lowest BCUT2D eigenvalue weighted by Crippen LogP contribution is -2.25. The molecule has 0 saturated heterocycles. The lowest BCUT2D eigenvalue weighted by molar-refractivity contribution is 0.259. The zero-order valence-electron chi connectivity index (χ0n) is 8.20. The minimum Gasteiger partial charge on any atom is -0.394 e. The first-order valence-corrected chi connectivity index (χ1v) is 6.09. The molecule has 1 aromatic heterocycles. The van der Waals surface area contributed by atoms with E-state index in [9.17, 15) is 0 Å². The first-order chi connectivity index (χ1) is 6.61. The Kier molecular flexibility index (Phi) is 4.77. The van der Waals surface area contributed by atoms with Crippen LogP contribution in [0.1, 0.15) is 20.3 Å². The molecule has 0 bridgehead atoms. The van der Waals surface area contributed by atoms with Gasteiger partial charge in [0.25, 0.3) is 0 Å². The third kappa shape index (κ3) is 3.89. The molecule has 0 saturated carbocycles. The van der Waals surface area contributed by atoms with Gasteiger partial charge in [0.05, 0.1) is 12.6 Å². The monoisotopic (exact) mass is 279 g/mol. The van der Waals surface area contributed by atoms with Gasteiger partial charge in [-0.15, -0.1) is 10.2 Å². The molecule has 0 aliphatic carbocycles. The summed E-state index contributed by atoms with van der Waals surface area (Å²) in [5.41, 5.74) is 0. The van der Waals surface area contributed by atoms with Crippen molar-refractivity contribution in [1.29, 1.82) is 0 Å². The zero-order chi connectivity index (χ0) is 10.6. The Hall–Kier alpha value is -0.200. The van der Waals surface area contributed by atoms with Crippen LogP contribution in [0.25, 0.3) is 0 Å². The van der Waals surface area contributed by atoms with Crippen molar-refractivity contribution < 1.29 is 5.11 Å². The third-order valence-electron chi connectivity index (χ3n) is 1.70. The molecule has 6 heteroatoms. The topological polar surface area (TPSA) is 58.0 Å². The zero-order valence-corrected chi connectivity index (χ0v) is 10.6. The molecule has 4 nitrogen and oxygen atoms in total. The summed E-state index contributed by atoms with van der Waals surface area (Å²) in [7, 11) is 0. The largest absolute Gasteiger partial charge is 0.394 e. The Morgan fingerprint density at radius 3 is 2.64 bits per heavy atom. The van der Waals surface area contributed by atoms with Gasteiger partial charge in [-0.1, -0.05) is 25.2 Å². The number of hydrogen-bond donors (Lipinski definition) is 2. The maximum Gasteiger partial charge on any atom is 0.206 e. The van der Waals surface area contributed by atoms with E-state index in [2.05, 4.69) is 45.3 Å². The van der Waals surface area contributed by atoms with Gasteiger partial charge in [-0.3, -0.25) is 0 Å². The number of nitrogens with zero attached hydrogens (tertiary/aromatic N) is 2. The highest BCUT2D eigenvalue weighted by molar-refractivity contribution is 9.11. The molecule has 1 heterocycles. The highest BCUT2D eigenvalue weighted by Crippen LogP contribution is 2.21. The average molecular weight is 280 g/mol. The summed E-state index contributed by atoms with van der Waals surface area (Å²) in [6.45, 7) is 4.37. The maximum absolute atomic E-state index is 9.13. The summed E-state index contributed by atoms with van der Waals surface area (Å²) in [6.07, 6.45) is 0.924. The number of anilines is 1. The summed E-state index contributed by atoms with van der Waals surface area (Å²) in [5, 5.41) is 20.8. The van der Waals surface area contributed by atoms with Crippen LogP contribution in [0.15, 0.2) is 3.92 Å². The number of hydrogen-bond acceptors (Lipinski definition) is 5. The van der Waals surface area contributed by atoms with Crippen molar-refractivity contribution in [2.45, 2.75) is 26.3 Å². The molecule has 1 atom stereocenters. The second-order valence-corrected chi connectivity index (χ2v) is 5.77. The van der Waals surface area contributed by atoms with Gasteiger partial charge in [-0.05, 0) is 28.3 Å². The van der Waals surface area contributed by atoms with Gasteiger partial charge in [0.1, 0.15) is 0 Å². The van der Waals surface area contributed by atoms with Crippen molar-refractivity contribution >= 4 is 32.4 Å². The Bertz CT molecular complexity index is 279. The van der Waals surface area contributed by atoms with E-state index >= 15 is 0 Å². The summed E-state index contributed by atoms with van der Waals surface area (Å²) < 4.78 is 0.751. The highest BCUT2D eigenvalue weighted by atomic mass is 79.9. The number of aromatic nitrogens is 2. The SMILES string of the molecule is CC(C)CC(CO)Nc1nnc(Br)s1. The molecule has 0 fully saturated rings. The lowest BCUT2D eigenvalue weighted by atomic mass is 10.1. The molecular formula is C8H14BrN3OS. The Labute approximate surface area is 95.9 Å². The van der Waals surface area contributed by atoms with Crippen molar-refractivity contribution in [1.82, 2.24) is 10.2 Å².